The molecule has 116 valence electrons. The van der Waals surface area contributed by atoms with Crippen molar-refractivity contribution in [1.29, 1.82) is 0 Å². The summed E-state index contributed by atoms with van der Waals surface area (Å²) in [5.74, 6) is -0.954. The minimum absolute atomic E-state index is 0.162. The second-order valence-corrected chi connectivity index (χ2v) is 7.25. The molecule has 0 aliphatic carbocycles. The first kappa shape index (κ1) is 14.7. The van der Waals surface area contributed by atoms with Gasteiger partial charge in [0.1, 0.15) is 5.71 Å². The molecule has 2 aliphatic rings. The lowest BCUT2D eigenvalue weighted by Crippen LogP contribution is -2.53. The number of sulfone groups is 1. The predicted molar refractivity (Wildman–Crippen MR) is 75.4 cm³/mol. The third-order valence-corrected chi connectivity index (χ3v) is 4.75. The van der Waals surface area contributed by atoms with Crippen molar-refractivity contribution in [2.75, 3.05) is 13.3 Å². The van der Waals surface area contributed by atoms with Gasteiger partial charge < -0.3 is 4.84 Å². The maximum atomic E-state index is 12.3. The summed E-state index contributed by atoms with van der Waals surface area (Å²) in [4.78, 5) is 28.6. The highest BCUT2D eigenvalue weighted by Crippen LogP contribution is 2.31. The Balaban J connectivity index is 2.05. The van der Waals surface area contributed by atoms with Crippen LogP contribution in [0, 0.1) is 0 Å². The van der Waals surface area contributed by atoms with Crippen molar-refractivity contribution >= 4 is 27.4 Å². The molecule has 2 heterocycles. The lowest BCUT2D eigenvalue weighted by Gasteiger charge is -2.20. The molecule has 0 radical (unpaired) electrons. The molecule has 1 aromatic carbocycles. The monoisotopic (exact) mass is 323 g/mol. The highest BCUT2D eigenvalue weighted by Gasteiger charge is 2.56. The number of hydrazone groups is 1. The smallest absolute Gasteiger partial charge is 0.327 e. The van der Waals surface area contributed by atoms with Crippen LogP contribution in [0.15, 0.2) is 34.3 Å². The molecule has 3 rings (SSSR count). The fourth-order valence-electron chi connectivity index (χ4n) is 2.51. The summed E-state index contributed by atoms with van der Waals surface area (Å²) in [6.45, 7) is 0. The van der Waals surface area contributed by atoms with Crippen LogP contribution >= 0.6 is 0 Å². The molecule has 1 spiro atoms. The van der Waals surface area contributed by atoms with E-state index >= 15 is 0 Å². The molecular weight excluding hydrogens is 310 g/mol. The van der Waals surface area contributed by atoms with Gasteiger partial charge in [0.2, 0.25) is 0 Å². The number of rotatable bonds is 2. The van der Waals surface area contributed by atoms with Gasteiger partial charge in [0.25, 0.3) is 5.91 Å². The van der Waals surface area contributed by atoms with E-state index in [0.717, 1.165) is 11.3 Å². The maximum Gasteiger partial charge on any atom is 0.327 e. The van der Waals surface area contributed by atoms with E-state index < -0.39 is 27.3 Å². The first-order valence-corrected chi connectivity index (χ1v) is 8.28. The van der Waals surface area contributed by atoms with E-state index in [4.69, 9.17) is 4.84 Å². The van der Waals surface area contributed by atoms with Crippen LogP contribution in [0.3, 0.4) is 0 Å². The normalized spacial score (nSPS) is 24.8. The summed E-state index contributed by atoms with van der Waals surface area (Å²) < 4.78 is 23.0. The Bertz CT molecular complexity index is 799. The van der Waals surface area contributed by atoms with Crippen LogP contribution < -0.4 is 5.48 Å². The minimum Gasteiger partial charge on any atom is -0.369 e. The van der Waals surface area contributed by atoms with Gasteiger partial charge >= 0.3 is 5.97 Å². The first-order valence-electron chi connectivity index (χ1n) is 6.39. The molecule has 1 unspecified atom stereocenters. The zero-order chi connectivity index (χ0) is 16.1. The number of carbonyl (C=O) groups is 2. The van der Waals surface area contributed by atoms with Crippen LogP contribution in [0.2, 0.25) is 0 Å². The number of hydrogen-bond acceptors (Lipinski definition) is 7. The summed E-state index contributed by atoms with van der Waals surface area (Å²) in [6, 6.07) is 5.96. The maximum absolute atomic E-state index is 12.3. The standard InChI is InChI=1S/C13H13N3O5S/c1-16-12(18)13(7-10(17)21-15-13)11(14-16)8-3-5-9(6-4-8)22(2,19)20/h3-6,15H,7H2,1-2H3. The number of carbonyl (C=O) groups excluding carboxylic acids is 2. The number of nitrogens with one attached hydrogen (secondary N) is 1. The van der Waals surface area contributed by atoms with Crippen LogP contribution in [-0.4, -0.2) is 49.9 Å². The van der Waals surface area contributed by atoms with E-state index in [-0.39, 0.29) is 11.3 Å². The fourth-order valence-corrected chi connectivity index (χ4v) is 3.14. The van der Waals surface area contributed by atoms with Crippen molar-refractivity contribution in [2.24, 2.45) is 5.10 Å². The second-order valence-electron chi connectivity index (χ2n) is 5.23. The highest BCUT2D eigenvalue weighted by atomic mass is 32.2. The van der Waals surface area contributed by atoms with E-state index in [0.29, 0.717) is 11.3 Å². The molecule has 1 amide bonds. The van der Waals surface area contributed by atoms with E-state index in [1.165, 1.54) is 19.2 Å². The average molecular weight is 323 g/mol. The largest absolute Gasteiger partial charge is 0.369 e. The van der Waals surface area contributed by atoms with Gasteiger partial charge in [-0.3, -0.25) is 9.59 Å². The molecule has 1 aromatic rings. The van der Waals surface area contributed by atoms with Gasteiger partial charge in [0.05, 0.1) is 11.3 Å². The molecule has 1 fully saturated rings. The first-order chi connectivity index (χ1) is 10.2. The highest BCUT2D eigenvalue weighted by molar-refractivity contribution is 7.90. The number of likely N-dealkylation sites (N-methyl/N-ethyl adjacent to an activating group) is 1. The van der Waals surface area contributed by atoms with Crippen LogP contribution in [0.4, 0.5) is 0 Å². The second kappa shape index (κ2) is 4.62. The number of benzene rings is 1. The molecular formula is C13H13N3O5S. The van der Waals surface area contributed by atoms with E-state index in [1.54, 1.807) is 12.1 Å². The zero-order valence-electron chi connectivity index (χ0n) is 11.9. The summed E-state index contributed by atoms with van der Waals surface area (Å²) in [5, 5.41) is 5.29. The molecule has 2 aliphatic heterocycles. The summed E-state index contributed by atoms with van der Waals surface area (Å²) in [5.41, 5.74) is 1.98. The van der Waals surface area contributed by atoms with Crippen LogP contribution in [-0.2, 0) is 24.3 Å². The minimum atomic E-state index is -3.31. The summed E-state index contributed by atoms with van der Waals surface area (Å²) >= 11 is 0. The average Bonchev–Trinajstić information content (AvgIpc) is 2.95. The van der Waals surface area contributed by atoms with E-state index in [2.05, 4.69) is 10.6 Å². The molecule has 0 saturated carbocycles. The van der Waals surface area contributed by atoms with Gasteiger partial charge in [0.15, 0.2) is 15.4 Å². The molecule has 1 atom stereocenters. The van der Waals surface area contributed by atoms with Crippen LogP contribution in [0.1, 0.15) is 12.0 Å². The van der Waals surface area contributed by atoms with Gasteiger partial charge in [-0.15, -0.1) is 5.48 Å². The predicted octanol–water partition coefficient (Wildman–Crippen LogP) is -0.543. The van der Waals surface area contributed by atoms with Gasteiger partial charge in [-0.05, 0) is 12.1 Å². The summed E-state index contributed by atoms with van der Waals surface area (Å²) in [6.07, 6.45) is 0.946. The Kier molecular flexibility index (Phi) is 3.08. The molecule has 1 saturated heterocycles. The van der Waals surface area contributed by atoms with E-state index in [9.17, 15) is 18.0 Å². The Morgan fingerprint density at radius 1 is 1.27 bits per heavy atom. The third-order valence-electron chi connectivity index (χ3n) is 3.62. The van der Waals surface area contributed by atoms with Crippen molar-refractivity contribution in [3.63, 3.8) is 0 Å². The van der Waals surface area contributed by atoms with Crippen molar-refractivity contribution < 1.29 is 22.8 Å². The van der Waals surface area contributed by atoms with Gasteiger partial charge in [0, 0.05) is 18.9 Å². The van der Waals surface area contributed by atoms with E-state index in [1.807, 2.05) is 0 Å². The van der Waals surface area contributed by atoms with Crippen molar-refractivity contribution in [1.82, 2.24) is 10.5 Å². The zero-order valence-corrected chi connectivity index (χ0v) is 12.7. The third kappa shape index (κ3) is 2.09. The van der Waals surface area contributed by atoms with Gasteiger partial charge in [-0.25, -0.2) is 13.4 Å². The number of hydrogen-bond donors (Lipinski definition) is 1. The molecule has 0 aromatic heterocycles. The molecule has 22 heavy (non-hydrogen) atoms. The SMILES string of the molecule is CN1N=C(c2ccc(S(C)(=O)=O)cc2)C2(CC(=O)ON2)C1=O. The summed E-state index contributed by atoms with van der Waals surface area (Å²) in [7, 11) is -1.83. The molecule has 1 N–H and O–H groups in total. The Morgan fingerprint density at radius 2 is 1.91 bits per heavy atom. The van der Waals surface area contributed by atoms with Crippen molar-refractivity contribution in [3.8, 4) is 0 Å². The van der Waals surface area contributed by atoms with Crippen molar-refractivity contribution in [2.45, 2.75) is 16.9 Å². The molecule has 9 heteroatoms. The Morgan fingerprint density at radius 3 is 2.41 bits per heavy atom. The van der Waals surface area contributed by atoms with Crippen LogP contribution in [0.25, 0.3) is 0 Å². The lowest BCUT2D eigenvalue weighted by molar-refractivity contribution is -0.143. The fraction of sp³-hybridized carbons (Fsp3) is 0.308. The van der Waals surface area contributed by atoms with Crippen molar-refractivity contribution in [3.05, 3.63) is 29.8 Å². The topological polar surface area (TPSA) is 105 Å². The molecule has 8 nitrogen and oxygen atoms in total. The van der Waals surface area contributed by atoms with Gasteiger partial charge in [-0.2, -0.15) is 5.10 Å². The number of nitrogens with zero attached hydrogens (tertiary/aromatic N) is 2. The van der Waals surface area contributed by atoms with Crippen LogP contribution in [0.5, 0.6) is 0 Å². The lowest BCUT2D eigenvalue weighted by atomic mass is 9.87. The quantitative estimate of drug-likeness (QED) is 0.783. The Hall–Kier alpha value is -2.26. The number of amides is 1. The molecule has 0 bridgehead atoms. The number of hydroxylamine groups is 1. The van der Waals surface area contributed by atoms with Gasteiger partial charge in [-0.1, -0.05) is 12.1 Å². The Labute approximate surface area is 126 Å².